The summed E-state index contributed by atoms with van der Waals surface area (Å²) < 4.78 is 0. The maximum atomic E-state index is 13.5. The first-order valence-corrected chi connectivity index (χ1v) is 10.2. The van der Waals surface area contributed by atoms with E-state index in [1.165, 1.54) is 12.3 Å². The lowest BCUT2D eigenvalue weighted by Crippen LogP contribution is -2.72. The average Bonchev–Trinajstić information content (AvgIpc) is 2.71. The largest absolute Gasteiger partial charge is 0.299 e. The fraction of sp³-hybridized carbons (Fsp3) is 0. The van der Waals surface area contributed by atoms with Crippen molar-refractivity contribution in [2.45, 2.75) is 0 Å². The number of hydrogen-bond acceptors (Lipinski definition) is 2. The zero-order valence-corrected chi connectivity index (χ0v) is 15.1. The van der Waals surface area contributed by atoms with Gasteiger partial charge in [0.15, 0.2) is 0 Å². The zero-order chi connectivity index (χ0) is 18.2. The van der Waals surface area contributed by atoms with Crippen LogP contribution in [0.25, 0.3) is 10.4 Å². The van der Waals surface area contributed by atoms with Crippen LogP contribution in [-0.2, 0) is 4.79 Å². The Morgan fingerprint density at radius 2 is 1.15 bits per heavy atom. The molecule has 0 N–H and O–H groups in total. The van der Waals surface area contributed by atoms with E-state index in [0.717, 1.165) is 15.6 Å². The summed E-state index contributed by atoms with van der Waals surface area (Å²) in [4.78, 5) is 16.2. The van der Waals surface area contributed by atoms with Crippen LogP contribution in [0.2, 0.25) is 0 Å². The van der Waals surface area contributed by atoms with Gasteiger partial charge < -0.3 is 0 Å². The molecule has 3 aromatic rings. The molecule has 3 rings (SSSR count). The minimum Gasteiger partial charge on any atom is -0.299 e. The molecule has 0 aliphatic rings. The number of azide groups is 1. The third-order valence-corrected chi connectivity index (χ3v) is 8.84. The van der Waals surface area contributed by atoms with E-state index in [-0.39, 0.29) is 5.41 Å². The molecule has 0 amide bonds. The molecule has 0 aliphatic carbocycles. The number of allylic oxidation sites excluding steroid dienone is 1. The molecule has 4 nitrogen and oxygen atoms in total. The van der Waals surface area contributed by atoms with Gasteiger partial charge in [0.2, 0.25) is 8.07 Å². The number of benzene rings is 3. The predicted octanol–water partition coefficient (Wildman–Crippen LogP) is 3.09. The van der Waals surface area contributed by atoms with Gasteiger partial charge in [-0.3, -0.25) is 4.79 Å². The van der Waals surface area contributed by atoms with Crippen molar-refractivity contribution in [2.24, 2.45) is 5.11 Å². The molecule has 0 aliphatic heterocycles. The molecule has 0 bridgehead atoms. The SMILES string of the molecule is [N-]=[N+]=N/C=C/C(=O)[Si](c1ccccc1)(c1ccccc1)c1ccccc1. The van der Waals surface area contributed by atoms with Gasteiger partial charge >= 0.3 is 0 Å². The van der Waals surface area contributed by atoms with Crippen LogP contribution in [0, 0.1) is 0 Å². The third-order valence-electron chi connectivity index (χ3n) is 4.33. The highest BCUT2D eigenvalue weighted by Gasteiger charge is 2.45. The molecular formula is C21H17N3OSi. The Morgan fingerprint density at radius 3 is 1.50 bits per heavy atom. The lowest BCUT2D eigenvalue weighted by Gasteiger charge is -2.30. The molecule has 126 valence electrons. The molecule has 0 atom stereocenters. The smallest absolute Gasteiger partial charge is 0.229 e. The molecule has 26 heavy (non-hydrogen) atoms. The van der Waals surface area contributed by atoms with Crippen LogP contribution < -0.4 is 15.6 Å². The Morgan fingerprint density at radius 1 is 0.769 bits per heavy atom. The van der Waals surface area contributed by atoms with Crippen LogP contribution >= 0.6 is 0 Å². The predicted molar refractivity (Wildman–Crippen MR) is 107 cm³/mol. The monoisotopic (exact) mass is 355 g/mol. The highest BCUT2D eigenvalue weighted by molar-refractivity contribution is 7.30. The Kier molecular flexibility index (Phi) is 5.44. The van der Waals surface area contributed by atoms with E-state index in [4.69, 9.17) is 5.53 Å². The summed E-state index contributed by atoms with van der Waals surface area (Å²) in [6.07, 6.45) is 2.64. The van der Waals surface area contributed by atoms with Gasteiger partial charge in [-0.05, 0) is 27.2 Å². The second-order valence-electron chi connectivity index (χ2n) is 5.73. The first-order valence-electron chi connectivity index (χ1n) is 8.22. The average molecular weight is 355 g/mol. The Balaban J connectivity index is 2.35. The molecular weight excluding hydrogens is 338 g/mol. The fourth-order valence-corrected chi connectivity index (χ4v) is 7.50. The quantitative estimate of drug-likeness (QED) is 0.167. The highest BCUT2D eigenvalue weighted by Crippen LogP contribution is 2.10. The third kappa shape index (κ3) is 3.22. The lowest BCUT2D eigenvalue weighted by atomic mass is 10.3. The zero-order valence-electron chi connectivity index (χ0n) is 14.1. The van der Waals surface area contributed by atoms with Gasteiger partial charge in [0.25, 0.3) is 0 Å². The summed E-state index contributed by atoms with van der Waals surface area (Å²) in [6.45, 7) is 0. The van der Waals surface area contributed by atoms with Gasteiger partial charge in [0, 0.05) is 11.1 Å². The van der Waals surface area contributed by atoms with Crippen LogP contribution in [0.1, 0.15) is 0 Å². The second kappa shape index (κ2) is 8.12. The molecule has 0 aromatic heterocycles. The van der Waals surface area contributed by atoms with E-state index in [1.807, 2.05) is 91.0 Å². The van der Waals surface area contributed by atoms with Crippen LogP contribution in [-0.4, -0.2) is 13.5 Å². The van der Waals surface area contributed by atoms with E-state index in [2.05, 4.69) is 10.0 Å². The minimum atomic E-state index is -2.99. The van der Waals surface area contributed by atoms with Crippen molar-refractivity contribution in [1.82, 2.24) is 0 Å². The van der Waals surface area contributed by atoms with Gasteiger partial charge in [-0.25, -0.2) is 0 Å². The molecule has 0 spiro atoms. The molecule has 3 aromatic carbocycles. The molecule has 0 saturated heterocycles. The van der Waals surface area contributed by atoms with Gasteiger partial charge in [0.1, 0.15) is 5.41 Å². The maximum absolute atomic E-state index is 13.5. The van der Waals surface area contributed by atoms with Gasteiger partial charge in [-0.1, -0.05) is 96.1 Å². The summed E-state index contributed by atoms with van der Waals surface area (Å²) in [5.74, 6) is 0. The number of hydrogen-bond donors (Lipinski definition) is 0. The Bertz CT molecular complexity index is 854. The van der Waals surface area contributed by atoms with Crippen molar-refractivity contribution in [3.63, 3.8) is 0 Å². The number of carbonyl (C=O) groups excluding carboxylic acids is 1. The highest BCUT2D eigenvalue weighted by atomic mass is 28.3. The molecule has 0 radical (unpaired) electrons. The fourth-order valence-electron chi connectivity index (χ4n) is 3.25. The van der Waals surface area contributed by atoms with E-state index in [9.17, 15) is 4.79 Å². The summed E-state index contributed by atoms with van der Waals surface area (Å²) in [5.41, 5.74) is 8.54. The minimum absolute atomic E-state index is 0.0338. The second-order valence-corrected chi connectivity index (χ2v) is 9.46. The first-order chi connectivity index (χ1) is 12.8. The van der Waals surface area contributed by atoms with Crippen molar-refractivity contribution in [3.8, 4) is 0 Å². The lowest BCUT2D eigenvalue weighted by molar-refractivity contribution is -0.108. The van der Waals surface area contributed by atoms with Crippen LogP contribution in [0.3, 0.4) is 0 Å². The summed E-state index contributed by atoms with van der Waals surface area (Å²) in [7, 11) is -2.99. The Labute approximate surface area is 153 Å². The van der Waals surface area contributed by atoms with Gasteiger partial charge in [0.05, 0.1) is 0 Å². The van der Waals surface area contributed by atoms with Crippen molar-refractivity contribution in [2.75, 3.05) is 0 Å². The van der Waals surface area contributed by atoms with Gasteiger partial charge in [-0.15, -0.1) is 0 Å². The van der Waals surface area contributed by atoms with Crippen LogP contribution in [0.15, 0.2) is 108 Å². The van der Waals surface area contributed by atoms with E-state index < -0.39 is 8.07 Å². The molecule has 0 unspecified atom stereocenters. The van der Waals surface area contributed by atoms with Crippen LogP contribution in [0.4, 0.5) is 0 Å². The standard InChI is InChI=1S/C21H17N3OSi/c22-24-23-17-16-21(25)26(18-10-4-1-5-11-18,19-12-6-2-7-13-19)20-14-8-3-9-15-20/h1-17H/b17-16+. The molecule has 0 heterocycles. The Hall–Kier alpha value is -3.40. The first kappa shape index (κ1) is 17.4. The summed E-state index contributed by atoms with van der Waals surface area (Å²) >= 11 is 0. The van der Waals surface area contributed by atoms with Gasteiger partial charge in [-0.2, -0.15) is 0 Å². The molecule has 0 fully saturated rings. The number of nitrogens with zero attached hydrogens (tertiary/aromatic N) is 3. The number of rotatable bonds is 6. The molecule has 5 heteroatoms. The summed E-state index contributed by atoms with van der Waals surface area (Å²) in [5, 5.41) is 6.35. The van der Waals surface area contributed by atoms with Crippen molar-refractivity contribution in [1.29, 1.82) is 0 Å². The van der Waals surface area contributed by atoms with Crippen molar-refractivity contribution < 1.29 is 4.79 Å². The van der Waals surface area contributed by atoms with E-state index in [0.29, 0.717) is 0 Å². The summed E-state index contributed by atoms with van der Waals surface area (Å²) in [6, 6.07) is 29.6. The van der Waals surface area contributed by atoms with Crippen molar-refractivity contribution in [3.05, 3.63) is 114 Å². The van der Waals surface area contributed by atoms with Crippen LogP contribution in [0.5, 0.6) is 0 Å². The number of carbonyl (C=O) groups is 1. The van der Waals surface area contributed by atoms with Crippen molar-refractivity contribution >= 4 is 29.0 Å². The maximum Gasteiger partial charge on any atom is 0.229 e. The van der Waals surface area contributed by atoms with E-state index >= 15 is 0 Å². The van der Waals surface area contributed by atoms with E-state index in [1.54, 1.807) is 0 Å². The molecule has 0 saturated carbocycles. The topological polar surface area (TPSA) is 65.8 Å². The normalized spacial score (nSPS) is 11.1.